The Morgan fingerprint density at radius 1 is 1.11 bits per heavy atom. The van der Waals surface area contributed by atoms with Crippen molar-refractivity contribution >= 4 is 17.5 Å². The first kappa shape index (κ1) is 26.2. The molecule has 7 heteroatoms. The third-order valence-corrected chi connectivity index (χ3v) is 8.03. The summed E-state index contributed by atoms with van der Waals surface area (Å²) in [5.41, 5.74) is 6.39. The summed E-state index contributed by atoms with van der Waals surface area (Å²) in [6.07, 6.45) is 1.76. The van der Waals surface area contributed by atoms with Crippen LogP contribution in [0.1, 0.15) is 55.6 Å². The predicted octanol–water partition coefficient (Wildman–Crippen LogP) is 6.07. The molecule has 3 aromatic rings. The van der Waals surface area contributed by atoms with E-state index in [1.807, 2.05) is 45.3 Å². The molecular formula is C31H39N5O2. The highest BCUT2D eigenvalue weighted by molar-refractivity contribution is 5.84. The van der Waals surface area contributed by atoms with Crippen LogP contribution in [0.5, 0.6) is 0 Å². The number of hydrogen-bond donors (Lipinski definition) is 1. The number of hydrogen-bond acceptors (Lipinski definition) is 6. The van der Waals surface area contributed by atoms with E-state index in [4.69, 9.17) is 14.7 Å². The molecular weight excluding hydrogens is 474 g/mol. The lowest BCUT2D eigenvalue weighted by atomic mass is 9.74. The summed E-state index contributed by atoms with van der Waals surface area (Å²) in [4.78, 5) is 26.6. The Morgan fingerprint density at radius 2 is 1.84 bits per heavy atom. The Morgan fingerprint density at radius 3 is 2.47 bits per heavy atom. The fraction of sp³-hybridized carbons (Fsp3) is 0.452. The van der Waals surface area contributed by atoms with Crippen molar-refractivity contribution in [1.29, 1.82) is 0 Å². The van der Waals surface area contributed by atoms with Crippen LogP contribution in [0.2, 0.25) is 0 Å². The van der Waals surface area contributed by atoms with E-state index in [1.165, 1.54) is 11.3 Å². The Labute approximate surface area is 226 Å². The number of aromatic nitrogens is 2. The van der Waals surface area contributed by atoms with E-state index in [0.29, 0.717) is 24.4 Å². The van der Waals surface area contributed by atoms with Crippen LogP contribution in [0.4, 0.5) is 16.2 Å². The van der Waals surface area contributed by atoms with Crippen LogP contribution >= 0.6 is 0 Å². The molecule has 1 amide bonds. The summed E-state index contributed by atoms with van der Waals surface area (Å²) in [6.45, 7) is 8.68. The van der Waals surface area contributed by atoms with Gasteiger partial charge in [0.25, 0.3) is 0 Å². The van der Waals surface area contributed by atoms with E-state index in [2.05, 4.69) is 59.3 Å². The molecule has 3 saturated heterocycles. The summed E-state index contributed by atoms with van der Waals surface area (Å²) in [7, 11) is 4.09. The molecule has 0 radical (unpaired) electrons. The van der Waals surface area contributed by atoms with E-state index >= 15 is 0 Å². The number of rotatable bonds is 7. The van der Waals surface area contributed by atoms with Crippen molar-refractivity contribution < 1.29 is 9.53 Å². The monoisotopic (exact) mass is 513 g/mol. The summed E-state index contributed by atoms with van der Waals surface area (Å²) in [5, 5.41) is 2.86. The van der Waals surface area contributed by atoms with Gasteiger partial charge >= 0.3 is 6.09 Å². The SMILES string of the molecule is Cc1nc(-c2ccc(N(C)C)cc2)cc(C2CN3CCC2CC3COC(=O)Nc2ccc(C(C)C)cc2)n1. The number of ether oxygens (including phenoxy) is 1. The number of fused-ring (bicyclic) bond motifs is 3. The average Bonchev–Trinajstić information content (AvgIpc) is 2.92. The molecule has 1 aromatic heterocycles. The number of carbonyl (C=O) groups is 1. The largest absolute Gasteiger partial charge is 0.448 e. The molecule has 1 N–H and O–H groups in total. The second-order valence-electron chi connectivity index (χ2n) is 11.2. The van der Waals surface area contributed by atoms with E-state index < -0.39 is 6.09 Å². The van der Waals surface area contributed by atoms with Crippen LogP contribution < -0.4 is 10.2 Å². The minimum absolute atomic E-state index is 0.250. The maximum atomic E-state index is 12.5. The van der Waals surface area contributed by atoms with E-state index in [9.17, 15) is 4.79 Å². The highest BCUT2D eigenvalue weighted by atomic mass is 16.5. The van der Waals surface area contributed by atoms with Crippen molar-refractivity contribution in [3.63, 3.8) is 0 Å². The first-order valence-electron chi connectivity index (χ1n) is 13.7. The number of carbonyl (C=O) groups excluding carboxylic acids is 1. The van der Waals surface area contributed by atoms with Gasteiger partial charge in [-0.25, -0.2) is 14.8 Å². The van der Waals surface area contributed by atoms with Gasteiger partial charge in [-0.05, 0) is 74.0 Å². The minimum atomic E-state index is -0.391. The number of aryl methyl sites for hydroxylation is 1. The summed E-state index contributed by atoms with van der Waals surface area (Å²) in [6, 6.07) is 18.9. The molecule has 3 fully saturated rings. The molecule has 7 nitrogen and oxygen atoms in total. The lowest BCUT2D eigenvalue weighted by molar-refractivity contribution is -0.00151. The van der Waals surface area contributed by atoms with Crippen molar-refractivity contribution in [2.75, 3.05) is 44.0 Å². The molecule has 4 heterocycles. The highest BCUT2D eigenvalue weighted by Gasteiger charge is 2.42. The Hall–Kier alpha value is -3.45. The summed E-state index contributed by atoms with van der Waals surface area (Å²) >= 11 is 0. The first-order valence-corrected chi connectivity index (χ1v) is 13.7. The molecule has 2 bridgehead atoms. The molecule has 2 aromatic carbocycles. The normalized spacial score (nSPS) is 22.4. The second-order valence-corrected chi connectivity index (χ2v) is 11.2. The fourth-order valence-electron chi connectivity index (χ4n) is 5.78. The van der Waals surface area contributed by atoms with Crippen LogP contribution in [0.15, 0.2) is 54.6 Å². The van der Waals surface area contributed by atoms with Gasteiger partial charge in [0.2, 0.25) is 0 Å². The predicted molar refractivity (Wildman–Crippen MR) is 153 cm³/mol. The van der Waals surface area contributed by atoms with E-state index in [1.54, 1.807) is 0 Å². The minimum Gasteiger partial charge on any atom is -0.448 e. The first-order chi connectivity index (χ1) is 18.3. The number of anilines is 2. The highest BCUT2D eigenvalue weighted by Crippen LogP contribution is 2.42. The van der Waals surface area contributed by atoms with Crippen molar-refractivity contribution in [2.24, 2.45) is 5.92 Å². The van der Waals surface area contributed by atoms with Crippen LogP contribution in [-0.2, 0) is 4.74 Å². The molecule has 0 aliphatic carbocycles. The van der Waals surface area contributed by atoms with Crippen molar-refractivity contribution in [1.82, 2.24) is 14.9 Å². The van der Waals surface area contributed by atoms with Gasteiger partial charge in [0.15, 0.2) is 0 Å². The molecule has 0 saturated carbocycles. The molecule has 200 valence electrons. The van der Waals surface area contributed by atoms with Gasteiger partial charge in [-0.2, -0.15) is 0 Å². The van der Waals surface area contributed by atoms with Gasteiger partial charge in [-0.1, -0.05) is 38.1 Å². The zero-order chi connectivity index (χ0) is 26.8. The molecule has 3 aliphatic heterocycles. The van der Waals surface area contributed by atoms with E-state index in [-0.39, 0.29) is 6.04 Å². The zero-order valence-electron chi connectivity index (χ0n) is 23.1. The van der Waals surface area contributed by atoms with Gasteiger partial charge < -0.3 is 9.64 Å². The standard InChI is InChI=1S/C31H39N5O2/c1-20(2)22-6-10-25(11-7-22)34-31(37)38-19-27-16-24-14-15-36(27)18-28(24)30-17-29(32-21(3)33-30)23-8-12-26(13-9-23)35(4)5/h6-13,17,20,24,27-28H,14-16,18-19H2,1-5H3,(H,34,37). The summed E-state index contributed by atoms with van der Waals surface area (Å²) in [5.74, 6) is 2.17. The van der Waals surface area contributed by atoms with Crippen molar-refractivity contribution in [2.45, 2.75) is 51.5 Å². The van der Waals surface area contributed by atoms with Gasteiger partial charge in [0, 0.05) is 55.2 Å². The second kappa shape index (κ2) is 11.1. The quantitative estimate of drug-likeness (QED) is 0.414. The Bertz CT molecular complexity index is 1260. The molecule has 4 unspecified atom stereocenters. The molecule has 38 heavy (non-hydrogen) atoms. The smallest absolute Gasteiger partial charge is 0.411 e. The zero-order valence-corrected chi connectivity index (χ0v) is 23.1. The lowest BCUT2D eigenvalue weighted by Crippen LogP contribution is -2.54. The Kier molecular flexibility index (Phi) is 7.65. The number of nitrogens with one attached hydrogen (secondary N) is 1. The van der Waals surface area contributed by atoms with Crippen LogP contribution in [0.3, 0.4) is 0 Å². The number of benzene rings is 2. The molecule has 4 atom stereocenters. The lowest BCUT2D eigenvalue weighted by Gasteiger charge is -2.49. The topological polar surface area (TPSA) is 70.6 Å². The van der Waals surface area contributed by atoms with Crippen LogP contribution in [0, 0.1) is 12.8 Å². The van der Waals surface area contributed by atoms with Crippen LogP contribution in [-0.4, -0.2) is 60.8 Å². The summed E-state index contributed by atoms with van der Waals surface area (Å²) < 4.78 is 5.66. The molecule has 6 rings (SSSR count). The van der Waals surface area contributed by atoms with Crippen molar-refractivity contribution in [3.05, 3.63) is 71.7 Å². The molecule has 0 spiro atoms. The van der Waals surface area contributed by atoms with Gasteiger partial charge in [-0.15, -0.1) is 0 Å². The van der Waals surface area contributed by atoms with Crippen molar-refractivity contribution in [3.8, 4) is 11.3 Å². The van der Waals surface area contributed by atoms with Gasteiger partial charge in [-0.3, -0.25) is 10.2 Å². The molecule has 3 aliphatic rings. The van der Waals surface area contributed by atoms with Crippen LogP contribution in [0.25, 0.3) is 11.3 Å². The maximum Gasteiger partial charge on any atom is 0.411 e. The van der Waals surface area contributed by atoms with Gasteiger partial charge in [0.05, 0.1) is 5.69 Å². The third kappa shape index (κ3) is 5.83. The average molecular weight is 514 g/mol. The number of nitrogens with zero attached hydrogens (tertiary/aromatic N) is 4. The fourth-order valence-corrected chi connectivity index (χ4v) is 5.78. The van der Waals surface area contributed by atoms with Gasteiger partial charge in [0.1, 0.15) is 12.4 Å². The maximum absolute atomic E-state index is 12.5. The van der Waals surface area contributed by atoms with E-state index in [0.717, 1.165) is 54.4 Å². The number of piperidine rings is 3. The Balaban J connectivity index is 1.20. The number of amides is 1. The third-order valence-electron chi connectivity index (χ3n) is 8.03.